The first kappa shape index (κ1) is 10.6. The maximum Gasteiger partial charge on any atom is 0.106 e. The van der Waals surface area contributed by atoms with Crippen molar-refractivity contribution in [3.8, 4) is 0 Å². The predicted molar refractivity (Wildman–Crippen MR) is 53.8 cm³/mol. The summed E-state index contributed by atoms with van der Waals surface area (Å²) >= 11 is 1.67. The largest absolute Gasteiger partial charge is 0.395 e. The van der Waals surface area contributed by atoms with Crippen LogP contribution >= 0.6 is 11.8 Å². The highest BCUT2D eigenvalue weighted by molar-refractivity contribution is 7.99. The Hall–Kier alpha value is -0.520. The van der Waals surface area contributed by atoms with Crippen LogP contribution in [-0.2, 0) is 6.54 Å². The highest BCUT2D eigenvalue weighted by atomic mass is 32.2. The van der Waals surface area contributed by atoms with Gasteiger partial charge in [0.25, 0.3) is 0 Å². The standard InChI is InChI=1S/C8H15N3OS/c1-7-10-6-8(13-5-2-9)11(7)3-4-12/h6,12H,2-5,9H2,1H3. The van der Waals surface area contributed by atoms with Gasteiger partial charge in [0.15, 0.2) is 0 Å². The molecule has 0 fully saturated rings. The molecule has 0 aromatic carbocycles. The average Bonchev–Trinajstić information content (AvgIpc) is 2.46. The van der Waals surface area contributed by atoms with Gasteiger partial charge in [-0.25, -0.2) is 4.98 Å². The molecule has 0 saturated carbocycles. The zero-order chi connectivity index (χ0) is 9.68. The normalized spacial score (nSPS) is 10.7. The highest BCUT2D eigenvalue weighted by Crippen LogP contribution is 2.18. The summed E-state index contributed by atoms with van der Waals surface area (Å²) in [5.74, 6) is 1.82. The van der Waals surface area contributed by atoms with Gasteiger partial charge in [0.2, 0.25) is 0 Å². The number of hydrogen-bond donors (Lipinski definition) is 2. The van der Waals surface area contributed by atoms with E-state index in [9.17, 15) is 0 Å². The molecule has 0 atom stereocenters. The summed E-state index contributed by atoms with van der Waals surface area (Å²) in [7, 11) is 0. The molecule has 0 aliphatic rings. The Morgan fingerprint density at radius 3 is 3.08 bits per heavy atom. The fourth-order valence-electron chi connectivity index (χ4n) is 1.10. The second kappa shape index (κ2) is 5.26. The molecule has 1 aromatic heterocycles. The van der Waals surface area contributed by atoms with Crippen LogP contribution in [0.3, 0.4) is 0 Å². The van der Waals surface area contributed by atoms with Gasteiger partial charge in [-0.3, -0.25) is 0 Å². The minimum Gasteiger partial charge on any atom is -0.395 e. The highest BCUT2D eigenvalue weighted by Gasteiger charge is 2.05. The smallest absolute Gasteiger partial charge is 0.106 e. The summed E-state index contributed by atoms with van der Waals surface area (Å²) in [6.45, 7) is 3.35. The van der Waals surface area contributed by atoms with Crippen LogP contribution in [0, 0.1) is 6.92 Å². The molecule has 0 unspecified atom stereocenters. The Kier molecular flexibility index (Phi) is 4.27. The fraction of sp³-hybridized carbons (Fsp3) is 0.625. The number of aliphatic hydroxyl groups excluding tert-OH is 1. The van der Waals surface area contributed by atoms with Crippen LogP contribution in [0.4, 0.5) is 0 Å². The van der Waals surface area contributed by atoms with Crippen molar-refractivity contribution < 1.29 is 5.11 Å². The van der Waals surface area contributed by atoms with Gasteiger partial charge >= 0.3 is 0 Å². The first-order valence-electron chi connectivity index (χ1n) is 4.25. The van der Waals surface area contributed by atoms with Crippen molar-refractivity contribution in [1.82, 2.24) is 9.55 Å². The Morgan fingerprint density at radius 2 is 2.46 bits per heavy atom. The van der Waals surface area contributed by atoms with E-state index in [-0.39, 0.29) is 6.61 Å². The molecule has 74 valence electrons. The number of thioether (sulfide) groups is 1. The van der Waals surface area contributed by atoms with Gasteiger partial charge in [-0.2, -0.15) is 0 Å². The fourth-order valence-corrected chi connectivity index (χ4v) is 1.93. The van der Waals surface area contributed by atoms with Crippen LogP contribution in [-0.4, -0.2) is 33.6 Å². The summed E-state index contributed by atoms with van der Waals surface area (Å²) in [5, 5.41) is 9.91. The third-order valence-corrected chi connectivity index (χ3v) is 2.77. The molecule has 0 amide bonds. The average molecular weight is 201 g/mol. The van der Waals surface area contributed by atoms with Gasteiger partial charge < -0.3 is 15.4 Å². The number of rotatable bonds is 5. The van der Waals surface area contributed by atoms with Crippen LogP contribution in [0.25, 0.3) is 0 Å². The molecule has 0 spiro atoms. The zero-order valence-electron chi connectivity index (χ0n) is 7.73. The van der Waals surface area contributed by atoms with E-state index in [0.717, 1.165) is 16.6 Å². The predicted octanol–water partition coefficient (Wildman–Crippen LogP) is 0.235. The van der Waals surface area contributed by atoms with Gasteiger partial charge in [0.1, 0.15) is 5.82 Å². The van der Waals surface area contributed by atoms with Crippen molar-refractivity contribution in [2.45, 2.75) is 18.5 Å². The van der Waals surface area contributed by atoms with Crippen LogP contribution < -0.4 is 5.73 Å². The molecule has 0 aliphatic carbocycles. The van der Waals surface area contributed by atoms with Crippen molar-refractivity contribution >= 4 is 11.8 Å². The number of imidazole rings is 1. The van der Waals surface area contributed by atoms with Crippen molar-refractivity contribution in [2.75, 3.05) is 18.9 Å². The summed E-state index contributed by atoms with van der Waals surface area (Å²) in [4.78, 5) is 4.18. The van der Waals surface area contributed by atoms with E-state index < -0.39 is 0 Å². The Bertz CT molecular complexity index is 262. The molecule has 3 N–H and O–H groups in total. The van der Waals surface area contributed by atoms with Gasteiger partial charge in [-0.1, -0.05) is 0 Å². The summed E-state index contributed by atoms with van der Waals surface area (Å²) in [6, 6.07) is 0. The van der Waals surface area contributed by atoms with Gasteiger partial charge in [0.05, 0.1) is 17.8 Å². The monoisotopic (exact) mass is 201 g/mol. The minimum atomic E-state index is 0.146. The van der Waals surface area contributed by atoms with E-state index in [1.807, 2.05) is 17.7 Å². The van der Waals surface area contributed by atoms with Crippen molar-refractivity contribution in [1.29, 1.82) is 0 Å². The van der Waals surface area contributed by atoms with E-state index in [4.69, 9.17) is 10.8 Å². The molecule has 5 heteroatoms. The lowest BCUT2D eigenvalue weighted by Gasteiger charge is -2.06. The molecule has 4 nitrogen and oxygen atoms in total. The number of nitrogens with two attached hydrogens (primary N) is 1. The lowest BCUT2D eigenvalue weighted by atomic mass is 10.6. The molecule has 13 heavy (non-hydrogen) atoms. The number of nitrogens with zero attached hydrogens (tertiary/aromatic N) is 2. The third-order valence-electron chi connectivity index (χ3n) is 1.71. The molecular weight excluding hydrogens is 186 g/mol. The lowest BCUT2D eigenvalue weighted by Crippen LogP contribution is -2.07. The van der Waals surface area contributed by atoms with Crippen LogP contribution in [0.2, 0.25) is 0 Å². The molecule has 1 heterocycles. The molecule has 0 radical (unpaired) electrons. The van der Waals surface area contributed by atoms with E-state index in [1.54, 1.807) is 11.8 Å². The Balaban J connectivity index is 2.68. The van der Waals surface area contributed by atoms with Crippen LogP contribution in [0.5, 0.6) is 0 Å². The van der Waals surface area contributed by atoms with Crippen molar-refractivity contribution in [3.05, 3.63) is 12.0 Å². The summed E-state index contributed by atoms with van der Waals surface area (Å²) in [6.07, 6.45) is 1.82. The molecule has 0 aliphatic heterocycles. The van der Waals surface area contributed by atoms with Gasteiger partial charge in [0, 0.05) is 18.8 Å². The Labute approximate surface area is 82.2 Å². The molecule has 1 aromatic rings. The second-order valence-corrected chi connectivity index (χ2v) is 3.77. The molecule has 1 rings (SSSR count). The quantitative estimate of drug-likeness (QED) is 0.670. The van der Waals surface area contributed by atoms with Crippen LogP contribution in [0.1, 0.15) is 5.82 Å². The lowest BCUT2D eigenvalue weighted by molar-refractivity contribution is 0.271. The molecule has 0 bridgehead atoms. The maximum atomic E-state index is 8.83. The third kappa shape index (κ3) is 2.72. The zero-order valence-corrected chi connectivity index (χ0v) is 8.55. The number of hydrogen-bond acceptors (Lipinski definition) is 4. The Morgan fingerprint density at radius 1 is 1.69 bits per heavy atom. The van der Waals surface area contributed by atoms with Crippen molar-refractivity contribution in [2.24, 2.45) is 5.73 Å². The van der Waals surface area contributed by atoms with E-state index >= 15 is 0 Å². The van der Waals surface area contributed by atoms with Crippen LogP contribution in [0.15, 0.2) is 11.2 Å². The van der Waals surface area contributed by atoms with E-state index in [1.165, 1.54) is 0 Å². The topological polar surface area (TPSA) is 64.1 Å². The van der Waals surface area contributed by atoms with Gasteiger partial charge in [-0.05, 0) is 6.92 Å². The molecule has 0 saturated heterocycles. The van der Waals surface area contributed by atoms with E-state index in [2.05, 4.69) is 4.98 Å². The number of aromatic nitrogens is 2. The van der Waals surface area contributed by atoms with Gasteiger partial charge in [-0.15, -0.1) is 11.8 Å². The summed E-state index contributed by atoms with van der Waals surface area (Å²) < 4.78 is 2.00. The SMILES string of the molecule is Cc1ncc(SCCN)n1CCO. The van der Waals surface area contributed by atoms with Crippen molar-refractivity contribution in [3.63, 3.8) is 0 Å². The maximum absolute atomic E-state index is 8.83. The minimum absolute atomic E-state index is 0.146. The second-order valence-electron chi connectivity index (χ2n) is 2.66. The number of aliphatic hydroxyl groups is 1. The molecular formula is C8H15N3OS. The van der Waals surface area contributed by atoms with E-state index in [0.29, 0.717) is 13.1 Å². The first-order valence-corrected chi connectivity index (χ1v) is 5.24. The summed E-state index contributed by atoms with van der Waals surface area (Å²) in [5.41, 5.74) is 5.41. The number of aryl methyl sites for hydroxylation is 1. The first-order chi connectivity index (χ1) is 6.29.